The van der Waals surface area contributed by atoms with E-state index in [0.29, 0.717) is 25.4 Å². The van der Waals surface area contributed by atoms with E-state index in [1.807, 2.05) is 0 Å². The Labute approximate surface area is 101 Å². The smallest absolute Gasteiger partial charge is 0.325 e. The van der Waals surface area contributed by atoms with Gasteiger partial charge in [0.15, 0.2) is 0 Å². The second-order valence-electron chi connectivity index (χ2n) is 4.48. The highest BCUT2D eigenvalue weighted by Crippen LogP contribution is 2.19. The van der Waals surface area contributed by atoms with E-state index < -0.39 is 12.0 Å². The minimum atomic E-state index is -1.04. The van der Waals surface area contributed by atoms with Gasteiger partial charge >= 0.3 is 12.0 Å². The molecule has 6 heteroatoms. The fourth-order valence-electron chi connectivity index (χ4n) is 2.01. The lowest BCUT2D eigenvalue weighted by molar-refractivity contribution is -0.138. The molecule has 1 rings (SSSR count). The van der Waals surface area contributed by atoms with E-state index in [-0.39, 0.29) is 12.6 Å². The van der Waals surface area contributed by atoms with Gasteiger partial charge in [-0.1, -0.05) is 0 Å². The van der Waals surface area contributed by atoms with Crippen molar-refractivity contribution in [2.75, 3.05) is 19.7 Å². The summed E-state index contributed by atoms with van der Waals surface area (Å²) in [7, 11) is 0. The van der Waals surface area contributed by atoms with Crippen molar-refractivity contribution in [3.63, 3.8) is 0 Å². The zero-order valence-corrected chi connectivity index (χ0v) is 10.1. The summed E-state index contributed by atoms with van der Waals surface area (Å²) in [6, 6.07) is -1.21. The highest BCUT2D eigenvalue weighted by Gasteiger charge is 2.25. The summed E-state index contributed by atoms with van der Waals surface area (Å²) in [5, 5.41) is 20.0. The van der Waals surface area contributed by atoms with Gasteiger partial charge in [-0.25, -0.2) is 4.79 Å². The van der Waals surface area contributed by atoms with Crippen LogP contribution in [0.1, 0.15) is 26.2 Å². The number of aliphatic carboxylic acids is 1. The van der Waals surface area contributed by atoms with Crippen molar-refractivity contribution >= 4 is 12.0 Å². The van der Waals surface area contributed by atoms with Crippen LogP contribution in [0.15, 0.2) is 0 Å². The fourth-order valence-corrected chi connectivity index (χ4v) is 2.01. The molecule has 1 saturated heterocycles. The molecule has 0 radical (unpaired) electrons. The van der Waals surface area contributed by atoms with E-state index in [2.05, 4.69) is 5.32 Å². The predicted octanol–water partition coefficient (Wildman–Crippen LogP) is 0.263. The summed E-state index contributed by atoms with van der Waals surface area (Å²) in [5.41, 5.74) is 0. The molecule has 0 aromatic carbocycles. The highest BCUT2D eigenvalue weighted by atomic mass is 16.4. The normalized spacial score (nSPS) is 22.0. The number of carbonyl (C=O) groups excluding carboxylic acids is 1. The Morgan fingerprint density at radius 2 is 2.24 bits per heavy atom. The summed E-state index contributed by atoms with van der Waals surface area (Å²) in [4.78, 5) is 24.0. The second kappa shape index (κ2) is 6.44. The van der Waals surface area contributed by atoms with Crippen LogP contribution >= 0.6 is 0 Å². The van der Waals surface area contributed by atoms with Crippen molar-refractivity contribution in [3.05, 3.63) is 0 Å². The van der Waals surface area contributed by atoms with Gasteiger partial charge in [0.2, 0.25) is 0 Å². The van der Waals surface area contributed by atoms with Crippen LogP contribution in [0.3, 0.4) is 0 Å². The number of nitrogens with zero attached hydrogens (tertiary/aromatic N) is 1. The van der Waals surface area contributed by atoms with E-state index >= 15 is 0 Å². The van der Waals surface area contributed by atoms with Gasteiger partial charge < -0.3 is 20.4 Å². The lowest BCUT2D eigenvalue weighted by Gasteiger charge is -2.33. The second-order valence-corrected chi connectivity index (χ2v) is 4.48. The minimum absolute atomic E-state index is 0.131. The maximum Gasteiger partial charge on any atom is 0.325 e. The first kappa shape index (κ1) is 13.8. The van der Waals surface area contributed by atoms with Gasteiger partial charge in [0, 0.05) is 19.7 Å². The Balaban J connectivity index is 2.43. The van der Waals surface area contributed by atoms with Gasteiger partial charge in [0.1, 0.15) is 6.04 Å². The standard InChI is InChI=1S/C11H20N2O4/c1-8(10(15)16)12-11(17)13-5-2-3-9(7-13)4-6-14/h8-9,14H,2-7H2,1H3,(H,12,17)(H,15,16)/t8-,9?/m0/s1. The van der Waals surface area contributed by atoms with Gasteiger partial charge in [-0.2, -0.15) is 0 Å². The van der Waals surface area contributed by atoms with Crippen molar-refractivity contribution in [2.24, 2.45) is 5.92 Å². The molecular formula is C11H20N2O4. The first-order valence-corrected chi connectivity index (χ1v) is 5.93. The molecule has 1 heterocycles. The monoisotopic (exact) mass is 244 g/mol. The van der Waals surface area contributed by atoms with Crippen LogP contribution in [0.2, 0.25) is 0 Å². The number of rotatable bonds is 4. The number of aliphatic hydroxyl groups is 1. The number of aliphatic hydroxyl groups excluding tert-OH is 1. The van der Waals surface area contributed by atoms with Crippen LogP contribution in [-0.2, 0) is 4.79 Å². The number of likely N-dealkylation sites (tertiary alicyclic amines) is 1. The first-order valence-electron chi connectivity index (χ1n) is 5.93. The molecule has 0 spiro atoms. The minimum Gasteiger partial charge on any atom is -0.480 e. The molecule has 2 amide bonds. The van der Waals surface area contributed by atoms with Gasteiger partial charge in [0.05, 0.1) is 0 Å². The maximum atomic E-state index is 11.8. The molecular weight excluding hydrogens is 224 g/mol. The van der Waals surface area contributed by atoms with E-state index in [1.54, 1.807) is 4.90 Å². The molecule has 1 unspecified atom stereocenters. The molecule has 6 nitrogen and oxygen atoms in total. The number of hydrogen-bond acceptors (Lipinski definition) is 3. The lowest BCUT2D eigenvalue weighted by atomic mass is 9.95. The van der Waals surface area contributed by atoms with Gasteiger partial charge in [-0.3, -0.25) is 4.79 Å². The summed E-state index contributed by atoms with van der Waals surface area (Å²) in [6.07, 6.45) is 2.61. The van der Waals surface area contributed by atoms with E-state index in [0.717, 1.165) is 12.8 Å². The van der Waals surface area contributed by atoms with Crippen molar-refractivity contribution in [1.29, 1.82) is 0 Å². The lowest BCUT2D eigenvalue weighted by Crippen LogP contribution is -2.49. The number of urea groups is 1. The molecule has 3 N–H and O–H groups in total. The maximum absolute atomic E-state index is 11.8. The van der Waals surface area contributed by atoms with Gasteiger partial charge in [0.25, 0.3) is 0 Å². The van der Waals surface area contributed by atoms with Crippen molar-refractivity contribution in [1.82, 2.24) is 10.2 Å². The number of carboxylic acid groups (broad SMARTS) is 1. The van der Waals surface area contributed by atoms with Crippen LogP contribution in [-0.4, -0.2) is 52.9 Å². The third-order valence-electron chi connectivity index (χ3n) is 3.05. The summed E-state index contributed by atoms with van der Waals surface area (Å²) in [6.45, 7) is 2.82. The van der Waals surface area contributed by atoms with E-state index in [9.17, 15) is 9.59 Å². The van der Waals surface area contributed by atoms with Crippen LogP contribution in [0.5, 0.6) is 0 Å². The molecule has 0 bridgehead atoms. The zero-order valence-electron chi connectivity index (χ0n) is 10.1. The molecule has 0 aromatic heterocycles. The summed E-state index contributed by atoms with van der Waals surface area (Å²) >= 11 is 0. The van der Waals surface area contributed by atoms with Crippen LogP contribution in [0.4, 0.5) is 4.79 Å². The third kappa shape index (κ3) is 4.22. The molecule has 0 aliphatic carbocycles. The molecule has 98 valence electrons. The average molecular weight is 244 g/mol. The fraction of sp³-hybridized carbons (Fsp3) is 0.818. The van der Waals surface area contributed by atoms with E-state index in [1.165, 1.54) is 6.92 Å². The Morgan fingerprint density at radius 1 is 1.53 bits per heavy atom. The topological polar surface area (TPSA) is 89.9 Å². The zero-order chi connectivity index (χ0) is 12.8. The molecule has 0 aromatic rings. The summed E-state index contributed by atoms with van der Waals surface area (Å²) in [5.74, 6) is -0.720. The first-order chi connectivity index (χ1) is 8.04. The van der Waals surface area contributed by atoms with E-state index in [4.69, 9.17) is 10.2 Å². The van der Waals surface area contributed by atoms with Crippen LogP contribution < -0.4 is 5.32 Å². The largest absolute Gasteiger partial charge is 0.480 e. The average Bonchev–Trinajstić information content (AvgIpc) is 2.29. The third-order valence-corrected chi connectivity index (χ3v) is 3.05. The number of hydrogen-bond donors (Lipinski definition) is 3. The van der Waals surface area contributed by atoms with Crippen molar-refractivity contribution in [2.45, 2.75) is 32.2 Å². The number of amides is 2. The summed E-state index contributed by atoms with van der Waals surface area (Å²) < 4.78 is 0. The Kier molecular flexibility index (Phi) is 5.21. The Bertz CT molecular complexity index is 281. The Morgan fingerprint density at radius 3 is 2.82 bits per heavy atom. The molecule has 0 saturated carbocycles. The molecule has 1 fully saturated rings. The van der Waals surface area contributed by atoms with Gasteiger partial charge in [-0.05, 0) is 32.1 Å². The molecule has 2 atom stereocenters. The number of carbonyl (C=O) groups is 2. The number of carboxylic acids is 1. The van der Waals surface area contributed by atoms with Gasteiger partial charge in [-0.15, -0.1) is 0 Å². The molecule has 1 aliphatic heterocycles. The Hall–Kier alpha value is -1.30. The SMILES string of the molecule is C[C@H](NC(=O)N1CCCC(CCO)C1)C(=O)O. The number of piperidine rings is 1. The van der Waals surface area contributed by atoms with Crippen molar-refractivity contribution in [3.8, 4) is 0 Å². The van der Waals surface area contributed by atoms with Crippen LogP contribution in [0.25, 0.3) is 0 Å². The molecule has 1 aliphatic rings. The number of nitrogens with one attached hydrogen (secondary N) is 1. The van der Waals surface area contributed by atoms with Crippen molar-refractivity contribution < 1.29 is 19.8 Å². The quantitative estimate of drug-likeness (QED) is 0.662. The predicted molar refractivity (Wildman–Crippen MR) is 61.6 cm³/mol. The van der Waals surface area contributed by atoms with Crippen LogP contribution in [0, 0.1) is 5.92 Å². The molecule has 17 heavy (non-hydrogen) atoms. The highest BCUT2D eigenvalue weighted by molar-refractivity contribution is 5.82.